The highest BCUT2D eigenvalue weighted by Gasteiger charge is 2.30. The molecule has 0 spiro atoms. The Morgan fingerprint density at radius 1 is 1.25 bits per heavy atom. The van der Waals surface area contributed by atoms with Gasteiger partial charge in [0.25, 0.3) is 0 Å². The Balaban J connectivity index is 0.00000208. The Morgan fingerprint density at radius 3 is 2.58 bits per heavy atom. The van der Waals surface area contributed by atoms with Gasteiger partial charge in [-0.05, 0) is 24.8 Å². The van der Waals surface area contributed by atoms with Gasteiger partial charge in [-0.2, -0.15) is 0 Å². The number of amides is 1. The van der Waals surface area contributed by atoms with E-state index in [1.165, 1.54) is 18.4 Å². The van der Waals surface area contributed by atoms with Crippen LogP contribution in [0.3, 0.4) is 0 Å². The maximum Gasteiger partial charge on any atom is 0.243 e. The van der Waals surface area contributed by atoms with E-state index in [1.807, 2.05) is 0 Å². The summed E-state index contributed by atoms with van der Waals surface area (Å²) in [6.45, 7) is 2.18. The second-order valence-electron chi connectivity index (χ2n) is 6.69. The molecule has 132 valence electrons. The molecule has 1 N–H and O–H groups in total. The van der Waals surface area contributed by atoms with Crippen LogP contribution in [-0.2, 0) is 4.79 Å². The van der Waals surface area contributed by atoms with Crippen molar-refractivity contribution in [3.8, 4) is 0 Å². The number of carbonyl (C=O) groups excluding carboxylic acids is 1. The molecule has 6 heteroatoms. The molecule has 1 saturated carbocycles. The smallest absolute Gasteiger partial charge is 0.243 e. The monoisotopic (exact) mass is 442 g/mol. The quantitative estimate of drug-likeness (QED) is 0.442. The van der Waals surface area contributed by atoms with E-state index in [0.29, 0.717) is 12.0 Å². The number of nitrogens with zero attached hydrogens (tertiary/aromatic N) is 3. The van der Waals surface area contributed by atoms with E-state index in [1.54, 1.807) is 19.0 Å². The summed E-state index contributed by atoms with van der Waals surface area (Å²) in [5, 5.41) is 3.50. The lowest BCUT2D eigenvalue weighted by atomic mass is 9.99. The van der Waals surface area contributed by atoms with Crippen LogP contribution in [0.1, 0.15) is 30.7 Å². The first-order valence-electron chi connectivity index (χ1n) is 8.44. The number of rotatable bonds is 4. The fraction of sp³-hybridized carbons (Fsp3) is 0.556. The number of nitrogens with one attached hydrogen (secondary N) is 1. The van der Waals surface area contributed by atoms with Crippen LogP contribution >= 0.6 is 24.0 Å². The first-order valence-corrected chi connectivity index (χ1v) is 8.44. The van der Waals surface area contributed by atoms with E-state index < -0.39 is 0 Å². The average Bonchev–Trinajstić information content (AvgIpc) is 3.25. The van der Waals surface area contributed by atoms with Gasteiger partial charge >= 0.3 is 0 Å². The topological polar surface area (TPSA) is 47.9 Å². The summed E-state index contributed by atoms with van der Waals surface area (Å²) < 4.78 is 0. The first kappa shape index (κ1) is 19.0. The summed E-state index contributed by atoms with van der Waals surface area (Å²) in [6, 6.07) is 11.2. The predicted octanol–water partition coefficient (Wildman–Crippen LogP) is 2.29. The normalized spacial score (nSPS) is 20.5. The van der Waals surface area contributed by atoms with E-state index in [-0.39, 0.29) is 36.4 Å². The summed E-state index contributed by atoms with van der Waals surface area (Å²) in [4.78, 5) is 20.3. The minimum Gasteiger partial charge on any atom is -0.353 e. The van der Waals surface area contributed by atoms with Gasteiger partial charge in [0.15, 0.2) is 5.96 Å². The van der Waals surface area contributed by atoms with Crippen LogP contribution in [-0.4, -0.2) is 61.4 Å². The zero-order valence-corrected chi connectivity index (χ0v) is 16.8. The summed E-state index contributed by atoms with van der Waals surface area (Å²) >= 11 is 0. The Kier molecular flexibility index (Phi) is 6.89. The highest BCUT2D eigenvalue weighted by Crippen LogP contribution is 2.27. The number of guanidine groups is 1. The highest BCUT2D eigenvalue weighted by atomic mass is 127. The molecule has 1 amide bonds. The molecule has 1 unspecified atom stereocenters. The van der Waals surface area contributed by atoms with Crippen molar-refractivity contribution in [3.63, 3.8) is 0 Å². The van der Waals surface area contributed by atoms with Crippen molar-refractivity contribution in [2.45, 2.75) is 31.2 Å². The van der Waals surface area contributed by atoms with Crippen LogP contribution < -0.4 is 5.32 Å². The number of likely N-dealkylation sites (N-methyl/N-ethyl adjacent to an activating group) is 1. The van der Waals surface area contributed by atoms with Crippen LogP contribution in [0.5, 0.6) is 0 Å². The van der Waals surface area contributed by atoms with Gasteiger partial charge < -0.3 is 15.1 Å². The van der Waals surface area contributed by atoms with Crippen LogP contribution in [0.4, 0.5) is 0 Å². The molecular weight excluding hydrogens is 415 g/mol. The summed E-state index contributed by atoms with van der Waals surface area (Å²) in [7, 11) is 3.54. The van der Waals surface area contributed by atoms with E-state index in [9.17, 15) is 4.79 Å². The summed E-state index contributed by atoms with van der Waals surface area (Å²) in [5.41, 5.74) is 1.39. The molecule has 2 fully saturated rings. The van der Waals surface area contributed by atoms with Gasteiger partial charge in [-0.25, -0.2) is 4.99 Å². The van der Waals surface area contributed by atoms with Crippen LogP contribution in [0.2, 0.25) is 0 Å². The fourth-order valence-corrected chi connectivity index (χ4v) is 2.88. The highest BCUT2D eigenvalue weighted by molar-refractivity contribution is 14.0. The molecule has 1 aromatic rings. The summed E-state index contributed by atoms with van der Waals surface area (Å²) in [5.74, 6) is 1.49. The lowest BCUT2D eigenvalue weighted by Gasteiger charge is -2.22. The number of likely N-dealkylation sites (tertiary alicyclic amines) is 1. The fourth-order valence-electron chi connectivity index (χ4n) is 2.88. The maximum atomic E-state index is 11.8. The molecule has 0 bridgehead atoms. The van der Waals surface area contributed by atoms with Gasteiger partial charge in [-0.1, -0.05) is 30.3 Å². The molecular formula is C18H27IN4O. The van der Waals surface area contributed by atoms with Crippen LogP contribution in [0.25, 0.3) is 0 Å². The number of halogens is 1. The number of hydrogen-bond donors (Lipinski definition) is 1. The van der Waals surface area contributed by atoms with Crippen molar-refractivity contribution >= 4 is 35.8 Å². The Labute approximate surface area is 161 Å². The number of aliphatic imine (C=N–C) groups is 1. The van der Waals surface area contributed by atoms with E-state index in [0.717, 1.165) is 25.5 Å². The van der Waals surface area contributed by atoms with E-state index in [4.69, 9.17) is 0 Å². The lowest BCUT2D eigenvalue weighted by molar-refractivity contribution is -0.127. The minimum absolute atomic E-state index is 0. The molecule has 5 nitrogen and oxygen atoms in total. The molecule has 1 aromatic carbocycles. The van der Waals surface area contributed by atoms with Gasteiger partial charge in [0.1, 0.15) is 6.54 Å². The van der Waals surface area contributed by atoms with Gasteiger partial charge in [-0.15, -0.1) is 24.0 Å². The van der Waals surface area contributed by atoms with Crippen molar-refractivity contribution in [2.75, 3.05) is 33.7 Å². The van der Waals surface area contributed by atoms with Gasteiger partial charge in [-0.3, -0.25) is 4.79 Å². The Hall–Kier alpha value is -1.31. The number of benzene rings is 1. The molecule has 2 aliphatic rings. The SMILES string of the molecule is CN(C)C(=O)CN=C(NC1CC1)N1CCC(c2ccccc2)C1.I. The molecule has 24 heavy (non-hydrogen) atoms. The lowest BCUT2D eigenvalue weighted by Crippen LogP contribution is -2.42. The maximum absolute atomic E-state index is 11.8. The second-order valence-corrected chi connectivity index (χ2v) is 6.69. The van der Waals surface area contributed by atoms with Crippen molar-refractivity contribution in [1.82, 2.24) is 15.1 Å². The Bertz CT molecular complexity index is 572. The predicted molar refractivity (Wildman–Crippen MR) is 108 cm³/mol. The van der Waals surface area contributed by atoms with E-state index >= 15 is 0 Å². The standard InChI is InChI=1S/C18H26N4O.HI/c1-21(2)17(23)12-19-18(20-16-8-9-16)22-11-10-15(13-22)14-6-4-3-5-7-14;/h3-7,15-16H,8-13H2,1-2H3,(H,19,20);1H. The summed E-state index contributed by atoms with van der Waals surface area (Å²) in [6.07, 6.45) is 3.55. The van der Waals surface area contributed by atoms with Crippen molar-refractivity contribution in [1.29, 1.82) is 0 Å². The first-order chi connectivity index (χ1) is 11.1. The molecule has 3 rings (SSSR count). The third kappa shape index (κ3) is 5.09. The minimum atomic E-state index is 0. The second kappa shape index (κ2) is 8.69. The molecule has 1 heterocycles. The molecule has 1 atom stereocenters. The van der Waals surface area contributed by atoms with Gasteiger partial charge in [0, 0.05) is 39.1 Å². The Morgan fingerprint density at radius 2 is 1.96 bits per heavy atom. The van der Waals surface area contributed by atoms with Crippen molar-refractivity contribution in [3.05, 3.63) is 35.9 Å². The van der Waals surface area contributed by atoms with Crippen molar-refractivity contribution < 1.29 is 4.79 Å². The molecule has 0 aromatic heterocycles. The number of hydrogen-bond acceptors (Lipinski definition) is 2. The van der Waals surface area contributed by atoms with Crippen LogP contribution in [0, 0.1) is 0 Å². The molecule has 1 aliphatic heterocycles. The number of carbonyl (C=O) groups is 1. The van der Waals surface area contributed by atoms with Gasteiger partial charge in [0.2, 0.25) is 5.91 Å². The van der Waals surface area contributed by atoms with Gasteiger partial charge in [0.05, 0.1) is 0 Å². The van der Waals surface area contributed by atoms with E-state index in [2.05, 4.69) is 45.5 Å². The van der Waals surface area contributed by atoms with Crippen LogP contribution in [0.15, 0.2) is 35.3 Å². The zero-order chi connectivity index (χ0) is 16.2. The largest absolute Gasteiger partial charge is 0.353 e. The third-order valence-corrected chi connectivity index (χ3v) is 4.53. The molecule has 1 saturated heterocycles. The molecule has 0 radical (unpaired) electrons. The molecule has 1 aliphatic carbocycles. The van der Waals surface area contributed by atoms with Crippen molar-refractivity contribution in [2.24, 2.45) is 4.99 Å². The zero-order valence-electron chi connectivity index (χ0n) is 14.4. The third-order valence-electron chi connectivity index (χ3n) is 4.53. The average molecular weight is 442 g/mol.